The first-order valence-corrected chi connectivity index (χ1v) is 9.42. The second-order valence-electron chi connectivity index (χ2n) is 7.51. The van der Waals surface area contributed by atoms with Crippen molar-refractivity contribution in [3.8, 4) is 0 Å². The van der Waals surface area contributed by atoms with Gasteiger partial charge in [0.2, 0.25) is 6.10 Å². The molecule has 2 fully saturated rings. The van der Waals surface area contributed by atoms with Crippen molar-refractivity contribution < 1.29 is 18.7 Å². The first-order chi connectivity index (χ1) is 13.1. The number of carbonyl (C=O) groups excluding carboxylic acids is 2. The number of esters is 1. The van der Waals surface area contributed by atoms with Crippen LogP contribution >= 0.6 is 0 Å². The molecule has 2 aliphatic rings. The van der Waals surface area contributed by atoms with E-state index in [2.05, 4.69) is 5.32 Å². The van der Waals surface area contributed by atoms with Crippen LogP contribution in [0, 0.1) is 23.6 Å². The lowest BCUT2D eigenvalue weighted by Gasteiger charge is -2.24. The zero-order chi connectivity index (χ0) is 18.8. The Hall–Kier alpha value is -2.69. The van der Waals surface area contributed by atoms with E-state index in [1.807, 2.05) is 6.07 Å². The third kappa shape index (κ3) is 3.87. The predicted octanol–water partition coefficient (Wildman–Crippen LogP) is 4.48. The Balaban J connectivity index is 1.51. The van der Waals surface area contributed by atoms with Gasteiger partial charge in [0.1, 0.15) is 5.82 Å². The fourth-order valence-corrected chi connectivity index (χ4v) is 4.38. The Labute approximate surface area is 157 Å². The highest BCUT2D eigenvalue weighted by Gasteiger charge is 2.45. The minimum atomic E-state index is -1.03. The van der Waals surface area contributed by atoms with Crippen LogP contribution in [-0.2, 0) is 14.3 Å². The van der Waals surface area contributed by atoms with Crippen molar-refractivity contribution in [2.24, 2.45) is 17.8 Å². The smallest absolute Gasteiger partial charge is 0.310 e. The summed E-state index contributed by atoms with van der Waals surface area (Å²) in [5.74, 6) is -0.201. The molecule has 4 unspecified atom stereocenters. The Kier molecular flexibility index (Phi) is 4.92. The number of nitrogens with one attached hydrogen (secondary N) is 1. The van der Waals surface area contributed by atoms with E-state index in [0.29, 0.717) is 23.1 Å². The summed E-state index contributed by atoms with van der Waals surface area (Å²) >= 11 is 0. The van der Waals surface area contributed by atoms with E-state index in [9.17, 15) is 14.0 Å². The summed E-state index contributed by atoms with van der Waals surface area (Å²) in [6, 6.07) is 14.5. The van der Waals surface area contributed by atoms with E-state index < -0.39 is 12.0 Å². The summed E-state index contributed by atoms with van der Waals surface area (Å²) in [5.41, 5.74) is 1.08. The molecule has 1 amide bonds. The lowest BCUT2D eigenvalue weighted by Crippen LogP contribution is -2.30. The van der Waals surface area contributed by atoms with Gasteiger partial charge in [0.15, 0.2) is 0 Å². The van der Waals surface area contributed by atoms with Crippen molar-refractivity contribution in [1.82, 2.24) is 0 Å². The van der Waals surface area contributed by atoms with Gasteiger partial charge in [0.25, 0.3) is 5.91 Å². The molecule has 4 nitrogen and oxygen atoms in total. The van der Waals surface area contributed by atoms with Crippen molar-refractivity contribution >= 4 is 17.6 Å². The van der Waals surface area contributed by atoms with Crippen molar-refractivity contribution in [2.45, 2.75) is 31.8 Å². The Morgan fingerprint density at radius 2 is 1.74 bits per heavy atom. The van der Waals surface area contributed by atoms with Crippen LogP contribution in [0.5, 0.6) is 0 Å². The van der Waals surface area contributed by atoms with Crippen LogP contribution in [0.2, 0.25) is 0 Å². The van der Waals surface area contributed by atoms with E-state index in [4.69, 9.17) is 4.74 Å². The van der Waals surface area contributed by atoms with Crippen molar-refractivity contribution in [3.63, 3.8) is 0 Å². The van der Waals surface area contributed by atoms with Gasteiger partial charge >= 0.3 is 5.97 Å². The minimum absolute atomic E-state index is 0.103. The second-order valence-corrected chi connectivity index (χ2v) is 7.51. The topological polar surface area (TPSA) is 55.4 Å². The molecule has 2 bridgehead atoms. The molecule has 1 N–H and O–H groups in total. The zero-order valence-electron chi connectivity index (χ0n) is 14.9. The molecule has 2 aliphatic carbocycles. The summed E-state index contributed by atoms with van der Waals surface area (Å²) < 4.78 is 18.8. The van der Waals surface area contributed by atoms with Crippen molar-refractivity contribution in [2.75, 3.05) is 5.32 Å². The summed E-state index contributed by atoms with van der Waals surface area (Å²) in [4.78, 5) is 25.6. The first-order valence-electron chi connectivity index (χ1n) is 9.42. The molecule has 0 saturated heterocycles. The van der Waals surface area contributed by atoms with Crippen molar-refractivity contribution in [3.05, 3.63) is 66.0 Å². The van der Waals surface area contributed by atoms with Crippen LogP contribution in [0.3, 0.4) is 0 Å². The Bertz CT molecular complexity index is 821. The number of benzene rings is 2. The van der Waals surface area contributed by atoms with Gasteiger partial charge in [-0.25, -0.2) is 4.39 Å². The summed E-state index contributed by atoms with van der Waals surface area (Å²) in [6.45, 7) is 0. The lowest BCUT2D eigenvalue weighted by molar-refractivity contribution is -0.160. The second kappa shape index (κ2) is 7.51. The van der Waals surface area contributed by atoms with Gasteiger partial charge in [0.05, 0.1) is 5.92 Å². The largest absolute Gasteiger partial charge is 0.447 e. The molecule has 4 rings (SSSR count). The van der Waals surface area contributed by atoms with Crippen LogP contribution in [0.4, 0.5) is 10.1 Å². The highest BCUT2D eigenvalue weighted by molar-refractivity contribution is 5.96. The maximum Gasteiger partial charge on any atom is 0.310 e. The third-order valence-corrected chi connectivity index (χ3v) is 5.73. The van der Waals surface area contributed by atoms with Gasteiger partial charge < -0.3 is 10.1 Å². The molecule has 0 heterocycles. The number of hydrogen-bond acceptors (Lipinski definition) is 3. The molecular formula is C22H22FNO3. The quantitative estimate of drug-likeness (QED) is 0.793. The minimum Gasteiger partial charge on any atom is -0.447 e. The van der Waals surface area contributed by atoms with Crippen LogP contribution in [0.15, 0.2) is 54.6 Å². The number of rotatable bonds is 5. The van der Waals surface area contributed by atoms with Crippen LogP contribution in [0.25, 0.3) is 0 Å². The van der Waals surface area contributed by atoms with E-state index in [-0.39, 0.29) is 17.7 Å². The molecule has 5 heteroatoms. The zero-order valence-corrected chi connectivity index (χ0v) is 14.9. The number of ether oxygens (including phenoxy) is 1. The normalized spacial score (nSPS) is 24.4. The third-order valence-electron chi connectivity index (χ3n) is 5.73. The maximum absolute atomic E-state index is 13.1. The standard InChI is InChI=1S/C22H22FNO3/c23-17-8-10-18(11-9-17)24-21(25)20(15-4-2-1-3-5-15)27-22(26)19-13-14-6-7-16(19)12-14/h1-5,8-11,14,16,19-20H,6-7,12-13H2,(H,24,25). The van der Waals surface area contributed by atoms with Gasteiger partial charge in [-0.15, -0.1) is 0 Å². The van der Waals surface area contributed by atoms with Gasteiger partial charge in [-0.3, -0.25) is 9.59 Å². The van der Waals surface area contributed by atoms with Crippen LogP contribution in [0.1, 0.15) is 37.4 Å². The highest BCUT2D eigenvalue weighted by atomic mass is 19.1. The molecular weight excluding hydrogens is 345 g/mol. The van der Waals surface area contributed by atoms with E-state index in [0.717, 1.165) is 19.3 Å². The number of amides is 1. The summed E-state index contributed by atoms with van der Waals surface area (Å²) in [6.07, 6.45) is 3.20. The average molecular weight is 367 g/mol. The van der Waals surface area contributed by atoms with Gasteiger partial charge in [-0.05, 0) is 55.4 Å². The van der Waals surface area contributed by atoms with Gasteiger partial charge in [-0.1, -0.05) is 36.8 Å². The molecule has 2 aromatic rings. The monoisotopic (exact) mass is 367 g/mol. The molecule has 0 aromatic heterocycles. The molecule has 2 saturated carbocycles. The maximum atomic E-state index is 13.1. The Morgan fingerprint density at radius 1 is 1.00 bits per heavy atom. The van der Waals surface area contributed by atoms with E-state index >= 15 is 0 Å². The number of anilines is 1. The number of carbonyl (C=O) groups is 2. The average Bonchev–Trinajstić information content (AvgIpc) is 3.32. The SMILES string of the molecule is O=C(Nc1ccc(F)cc1)C(OC(=O)C1CC2CCC1C2)c1ccccc1. The van der Waals surface area contributed by atoms with Crippen LogP contribution in [-0.4, -0.2) is 11.9 Å². The summed E-state index contributed by atoms with van der Waals surface area (Å²) in [5, 5.41) is 2.71. The number of fused-ring (bicyclic) bond motifs is 2. The van der Waals surface area contributed by atoms with Crippen LogP contribution < -0.4 is 5.32 Å². The molecule has 0 aliphatic heterocycles. The predicted molar refractivity (Wildman–Crippen MR) is 99.2 cm³/mol. The molecule has 4 atom stereocenters. The fraction of sp³-hybridized carbons (Fsp3) is 0.364. The highest BCUT2D eigenvalue weighted by Crippen LogP contribution is 2.49. The number of halogens is 1. The molecule has 0 spiro atoms. The molecule has 140 valence electrons. The van der Waals surface area contributed by atoms with Gasteiger partial charge in [-0.2, -0.15) is 0 Å². The molecule has 0 radical (unpaired) electrons. The molecule has 27 heavy (non-hydrogen) atoms. The summed E-state index contributed by atoms with van der Waals surface area (Å²) in [7, 11) is 0. The Morgan fingerprint density at radius 3 is 2.37 bits per heavy atom. The molecule has 2 aromatic carbocycles. The lowest BCUT2D eigenvalue weighted by atomic mass is 9.89. The van der Waals surface area contributed by atoms with Gasteiger partial charge in [0, 0.05) is 11.3 Å². The van der Waals surface area contributed by atoms with E-state index in [1.165, 1.54) is 30.7 Å². The first kappa shape index (κ1) is 17.7. The number of hydrogen-bond donors (Lipinski definition) is 1. The van der Waals surface area contributed by atoms with Crippen molar-refractivity contribution in [1.29, 1.82) is 0 Å². The fourth-order valence-electron chi connectivity index (χ4n) is 4.38. The van der Waals surface area contributed by atoms with E-state index in [1.54, 1.807) is 24.3 Å².